The minimum Gasteiger partial charge on any atom is -0.383 e. The van der Waals surface area contributed by atoms with Gasteiger partial charge in [0.15, 0.2) is 0 Å². The molecule has 1 heterocycles. The number of nitrogen functional groups attached to an aromatic ring is 1. The van der Waals surface area contributed by atoms with Crippen molar-refractivity contribution in [2.75, 3.05) is 5.73 Å². The Morgan fingerprint density at radius 1 is 1.37 bits per heavy atom. The molecule has 2 aromatic rings. The topological polar surface area (TPSA) is 51.8 Å². The number of hydrogen-bond donors (Lipinski definition) is 1. The van der Waals surface area contributed by atoms with Crippen molar-refractivity contribution in [1.82, 2.24) is 9.97 Å². The fourth-order valence-corrected chi connectivity index (χ4v) is 2.39. The first-order valence-electron chi connectivity index (χ1n) is 5.76. The number of rotatable bonds is 3. The monoisotopic (exact) mass is 343 g/mol. The standard InChI is InChI=1S/C13H12BrClFN3/c1-2-9-11(14)13(17)19-10(18-9)6-7-4-3-5-8(15)12(7)16/h3-5H,2,6H2,1H3,(H2,17,18,19). The molecule has 0 saturated heterocycles. The third kappa shape index (κ3) is 3.04. The molecule has 0 saturated carbocycles. The van der Waals surface area contributed by atoms with Crippen molar-refractivity contribution in [2.24, 2.45) is 0 Å². The minimum absolute atomic E-state index is 0.0956. The van der Waals surface area contributed by atoms with Crippen LogP contribution in [-0.4, -0.2) is 9.97 Å². The van der Waals surface area contributed by atoms with E-state index < -0.39 is 5.82 Å². The summed E-state index contributed by atoms with van der Waals surface area (Å²) in [6.45, 7) is 1.97. The molecular weight excluding hydrogens is 333 g/mol. The van der Waals surface area contributed by atoms with Crippen molar-refractivity contribution in [3.05, 3.63) is 50.6 Å². The van der Waals surface area contributed by atoms with E-state index in [0.29, 0.717) is 21.7 Å². The van der Waals surface area contributed by atoms with Gasteiger partial charge in [0.2, 0.25) is 0 Å². The van der Waals surface area contributed by atoms with Gasteiger partial charge in [0, 0.05) is 6.42 Å². The van der Waals surface area contributed by atoms with Gasteiger partial charge in [0.25, 0.3) is 0 Å². The van der Waals surface area contributed by atoms with E-state index in [1.54, 1.807) is 12.1 Å². The van der Waals surface area contributed by atoms with Crippen LogP contribution >= 0.6 is 27.5 Å². The number of anilines is 1. The van der Waals surface area contributed by atoms with Crippen LogP contribution in [0.1, 0.15) is 24.0 Å². The van der Waals surface area contributed by atoms with E-state index in [1.165, 1.54) is 6.07 Å². The van der Waals surface area contributed by atoms with E-state index in [2.05, 4.69) is 25.9 Å². The molecule has 100 valence electrons. The minimum atomic E-state index is -0.438. The molecule has 0 atom stereocenters. The molecule has 1 aromatic carbocycles. The summed E-state index contributed by atoms with van der Waals surface area (Å²) >= 11 is 9.09. The Hall–Kier alpha value is -1.20. The fourth-order valence-electron chi connectivity index (χ4n) is 1.73. The molecule has 1 aromatic heterocycles. The van der Waals surface area contributed by atoms with Gasteiger partial charge < -0.3 is 5.73 Å². The molecule has 19 heavy (non-hydrogen) atoms. The third-order valence-electron chi connectivity index (χ3n) is 2.71. The van der Waals surface area contributed by atoms with Gasteiger partial charge >= 0.3 is 0 Å². The van der Waals surface area contributed by atoms with Crippen LogP contribution in [0.25, 0.3) is 0 Å². The lowest BCUT2D eigenvalue weighted by Gasteiger charge is -2.08. The highest BCUT2D eigenvalue weighted by Gasteiger charge is 2.12. The first-order chi connectivity index (χ1) is 9.02. The lowest BCUT2D eigenvalue weighted by molar-refractivity contribution is 0.612. The first kappa shape index (κ1) is 14.2. The number of nitrogens with two attached hydrogens (primary N) is 1. The van der Waals surface area contributed by atoms with Crippen LogP contribution in [0.3, 0.4) is 0 Å². The summed E-state index contributed by atoms with van der Waals surface area (Å²) in [5, 5.41) is 0.0956. The summed E-state index contributed by atoms with van der Waals surface area (Å²) in [7, 11) is 0. The van der Waals surface area contributed by atoms with Gasteiger partial charge in [-0.3, -0.25) is 0 Å². The second-order valence-electron chi connectivity index (χ2n) is 4.03. The predicted molar refractivity (Wildman–Crippen MR) is 77.7 cm³/mol. The molecule has 0 fully saturated rings. The molecule has 6 heteroatoms. The quantitative estimate of drug-likeness (QED) is 0.922. The van der Waals surface area contributed by atoms with E-state index in [9.17, 15) is 4.39 Å². The molecular formula is C13H12BrClFN3. The van der Waals surface area contributed by atoms with Crippen LogP contribution in [0.2, 0.25) is 5.02 Å². The Labute approximate surface area is 124 Å². The van der Waals surface area contributed by atoms with Crippen LogP contribution in [-0.2, 0) is 12.8 Å². The summed E-state index contributed by atoms with van der Waals surface area (Å²) in [6.07, 6.45) is 0.981. The van der Waals surface area contributed by atoms with Gasteiger partial charge in [-0.25, -0.2) is 14.4 Å². The third-order valence-corrected chi connectivity index (χ3v) is 3.86. The number of aryl methyl sites for hydroxylation is 1. The summed E-state index contributed by atoms with van der Waals surface area (Å²) in [5.41, 5.74) is 7.07. The normalized spacial score (nSPS) is 10.7. The lowest BCUT2D eigenvalue weighted by atomic mass is 10.1. The van der Waals surface area contributed by atoms with E-state index in [4.69, 9.17) is 17.3 Å². The van der Waals surface area contributed by atoms with Crippen molar-refractivity contribution in [3.8, 4) is 0 Å². The van der Waals surface area contributed by atoms with Crippen molar-refractivity contribution < 1.29 is 4.39 Å². The largest absolute Gasteiger partial charge is 0.383 e. The molecule has 0 radical (unpaired) electrons. The molecule has 0 spiro atoms. The zero-order valence-corrected chi connectivity index (χ0v) is 12.6. The van der Waals surface area contributed by atoms with Gasteiger partial charge in [0.05, 0.1) is 15.2 Å². The Kier molecular flexibility index (Phi) is 4.37. The Bertz CT molecular complexity index is 619. The van der Waals surface area contributed by atoms with Crippen LogP contribution in [0, 0.1) is 5.82 Å². The van der Waals surface area contributed by atoms with Crippen LogP contribution in [0.5, 0.6) is 0 Å². The molecule has 0 unspecified atom stereocenters. The molecule has 3 nitrogen and oxygen atoms in total. The highest BCUT2D eigenvalue weighted by atomic mass is 79.9. The van der Waals surface area contributed by atoms with Gasteiger partial charge in [-0.2, -0.15) is 0 Å². The molecule has 0 aliphatic carbocycles. The van der Waals surface area contributed by atoms with Crippen LogP contribution < -0.4 is 5.73 Å². The van der Waals surface area contributed by atoms with Crippen molar-refractivity contribution in [3.63, 3.8) is 0 Å². The Balaban J connectivity index is 2.38. The van der Waals surface area contributed by atoms with Crippen LogP contribution in [0.4, 0.5) is 10.2 Å². The molecule has 0 aliphatic rings. The molecule has 2 rings (SSSR count). The number of nitrogens with zero attached hydrogens (tertiary/aromatic N) is 2. The van der Waals surface area contributed by atoms with E-state index in [-0.39, 0.29) is 11.4 Å². The van der Waals surface area contributed by atoms with E-state index in [0.717, 1.165) is 12.1 Å². The maximum atomic E-state index is 13.8. The SMILES string of the molecule is CCc1nc(Cc2cccc(Cl)c2F)nc(N)c1Br. The van der Waals surface area contributed by atoms with Crippen LogP contribution in [0.15, 0.2) is 22.7 Å². The average molecular weight is 345 g/mol. The van der Waals surface area contributed by atoms with Crippen molar-refractivity contribution in [2.45, 2.75) is 19.8 Å². The van der Waals surface area contributed by atoms with Gasteiger partial charge in [-0.15, -0.1) is 0 Å². The molecule has 0 aliphatic heterocycles. The highest BCUT2D eigenvalue weighted by Crippen LogP contribution is 2.24. The summed E-state index contributed by atoms with van der Waals surface area (Å²) < 4.78 is 14.5. The summed E-state index contributed by atoms with van der Waals surface area (Å²) in [4.78, 5) is 8.53. The fraction of sp³-hybridized carbons (Fsp3) is 0.231. The number of hydrogen-bond acceptors (Lipinski definition) is 3. The Morgan fingerprint density at radius 2 is 2.11 bits per heavy atom. The van der Waals surface area contributed by atoms with Gasteiger partial charge in [0.1, 0.15) is 17.5 Å². The summed E-state index contributed by atoms with van der Waals surface area (Å²) in [6, 6.07) is 4.87. The predicted octanol–water partition coefficient (Wildman–Crippen LogP) is 3.77. The zero-order valence-electron chi connectivity index (χ0n) is 10.3. The van der Waals surface area contributed by atoms with Gasteiger partial charge in [-0.05, 0) is 34.0 Å². The zero-order chi connectivity index (χ0) is 14.0. The average Bonchev–Trinajstić information content (AvgIpc) is 2.39. The number of aromatic nitrogens is 2. The highest BCUT2D eigenvalue weighted by molar-refractivity contribution is 9.10. The van der Waals surface area contributed by atoms with Crippen molar-refractivity contribution in [1.29, 1.82) is 0 Å². The number of benzene rings is 1. The van der Waals surface area contributed by atoms with Gasteiger partial charge in [-0.1, -0.05) is 30.7 Å². The smallest absolute Gasteiger partial charge is 0.145 e. The second kappa shape index (κ2) is 5.84. The molecule has 0 amide bonds. The number of halogens is 3. The van der Waals surface area contributed by atoms with E-state index in [1.807, 2.05) is 6.92 Å². The maximum Gasteiger partial charge on any atom is 0.145 e. The molecule has 2 N–H and O–H groups in total. The Morgan fingerprint density at radius 3 is 2.79 bits per heavy atom. The maximum absolute atomic E-state index is 13.8. The molecule has 0 bridgehead atoms. The van der Waals surface area contributed by atoms with Crippen molar-refractivity contribution >= 4 is 33.3 Å². The second-order valence-corrected chi connectivity index (χ2v) is 5.23. The lowest BCUT2D eigenvalue weighted by Crippen LogP contribution is -2.06. The first-order valence-corrected chi connectivity index (χ1v) is 6.93. The van der Waals surface area contributed by atoms with E-state index >= 15 is 0 Å². The summed E-state index contributed by atoms with van der Waals surface area (Å²) in [5.74, 6) is 0.412.